The van der Waals surface area contributed by atoms with Crippen molar-refractivity contribution in [2.75, 3.05) is 6.61 Å². The maximum absolute atomic E-state index is 12.2. The number of carbonyl (C=O) groups is 1. The van der Waals surface area contributed by atoms with Crippen molar-refractivity contribution in [3.63, 3.8) is 0 Å². The third-order valence-electron chi connectivity index (χ3n) is 4.66. The van der Waals surface area contributed by atoms with Gasteiger partial charge in [-0.15, -0.1) is 0 Å². The van der Waals surface area contributed by atoms with Crippen molar-refractivity contribution in [3.8, 4) is 0 Å². The Morgan fingerprint density at radius 2 is 1.63 bits per heavy atom. The Balaban J connectivity index is 2.41. The van der Waals surface area contributed by atoms with Gasteiger partial charge in [-0.2, -0.15) is 0 Å². The summed E-state index contributed by atoms with van der Waals surface area (Å²) in [5.74, 6) is -0.527. The van der Waals surface area contributed by atoms with E-state index >= 15 is 0 Å². The van der Waals surface area contributed by atoms with Crippen LogP contribution in [0.25, 0.3) is 0 Å². The smallest absolute Gasteiger partial charge is 0.457 e. The van der Waals surface area contributed by atoms with E-state index in [0.717, 1.165) is 24.8 Å². The Hall–Kier alpha value is -1.46. The van der Waals surface area contributed by atoms with Crippen LogP contribution < -0.4 is 0 Å². The lowest BCUT2D eigenvalue weighted by Crippen LogP contribution is -2.23. The molecule has 30 heavy (non-hydrogen) atoms. The molecule has 0 amide bonds. The molecule has 0 fully saturated rings. The first-order chi connectivity index (χ1) is 14.3. The van der Waals surface area contributed by atoms with Crippen LogP contribution in [0.2, 0.25) is 0 Å². The standard InChI is InChI=1S/C23H37O6P/c1-4-5-6-7-8-9-10-14-17-22(29-23(24)20(2)3)19-28-30(25,26)27-18-21-15-12-11-13-16-21/h11-13,15-16,22H,2,4-10,14,17-19H2,1,3H3,(H,25,26). The Morgan fingerprint density at radius 1 is 1.03 bits per heavy atom. The fraction of sp³-hybridized carbons (Fsp3) is 0.609. The maximum Gasteiger partial charge on any atom is 0.472 e. The zero-order valence-electron chi connectivity index (χ0n) is 18.4. The first-order valence-corrected chi connectivity index (χ1v) is 12.4. The molecule has 0 aromatic heterocycles. The molecule has 0 heterocycles. The van der Waals surface area contributed by atoms with Gasteiger partial charge in [0.25, 0.3) is 0 Å². The quantitative estimate of drug-likeness (QED) is 0.132. The fourth-order valence-electron chi connectivity index (χ4n) is 2.88. The van der Waals surface area contributed by atoms with Crippen LogP contribution in [-0.2, 0) is 29.8 Å². The van der Waals surface area contributed by atoms with Crippen molar-refractivity contribution in [3.05, 3.63) is 48.0 Å². The van der Waals surface area contributed by atoms with E-state index in [2.05, 4.69) is 13.5 Å². The maximum atomic E-state index is 12.2. The van der Waals surface area contributed by atoms with Crippen LogP contribution in [0.3, 0.4) is 0 Å². The topological polar surface area (TPSA) is 82.1 Å². The lowest BCUT2D eigenvalue weighted by atomic mass is 10.1. The highest BCUT2D eigenvalue weighted by molar-refractivity contribution is 7.47. The molecule has 0 spiro atoms. The number of phosphoric ester groups is 1. The predicted octanol–water partition coefficient (Wildman–Crippen LogP) is 6.34. The minimum absolute atomic E-state index is 0.0388. The molecule has 2 atom stereocenters. The summed E-state index contributed by atoms with van der Waals surface area (Å²) >= 11 is 0. The van der Waals surface area contributed by atoms with Crippen LogP contribution in [-0.4, -0.2) is 23.6 Å². The number of rotatable bonds is 17. The average molecular weight is 441 g/mol. The highest BCUT2D eigenvalue weighted by Crippen LogP contribution is 2.44. The van der Waals surface area contributed by atoms with Gasteiger partial charge in [-0.05, 0) is 25.3 Å². The van der Waals surface area contributed by atoms with Crippen LogP contribution in [0.4, 0.5) is 0 Å². The molecular formula is C23H37O6P. The van der Waals surface area contributed by atoms with E-state index in [0.29, 0.717) is 6.42 Å². The predicted molar refractivity (Wildman–Crippen MR) is 119 cm³/mol. The number of unbranched alkanes of at least 4 members (excludes halogenated alkanes) is 7. The van der Waals surface area contributed by atoms with Gasteiger partial charge in [0.1, 0.15) is 6.10 Å². The fourth-order valence-corrected chi connectivity index (χ4v) is 3.62. The second-order valence-corrected chi connectivity index (χ2v) is 9.05. The normalized spacial score (nSPS) is 14.1. The molecule has 0 saturated carbocycles. The highest BCUT2D eigenvalue weighted by Gasteiger charge is 2.25. The Morgan fingerprint density at radius 3 is 2.23 bits per heavy atom. The molecule has 0 bridgehead atoms. The zero-order valence-corrected chi connectivity index (χ0v) is 19.3. The van der Waals surface area contributed by atoms with Crippen LogP contribution >= 0.6 is 7.82 Å². The van der Waals surface area contributed by atoms with Gasteiger partial charge in [0.15, 0.2) is 0 Å². The molecule has 1 aromatic rings. The van der Waals surface area contributed by atoms with Crippen molar-refractivity contribution in [1.82, 2.24) is 0 Å². The molecule has 0 saturated heterocycles. The number of phosphoric acid groups is 1. The molecule has 170 valence electrons. The Bertz CT molecular complexity index is 661. The van der Waals surface area contributed by atoms with Crippen LogP contribution in [0, 0.1) is 0 Å². The van der Waals surface area contributed by atoms with Crippen molar-refractivity contribution >= 4 is 13.8 Å². The molecule has 1 aromatic carbocycles. The Labute approximate surface area is 181 Å². The van der Waals surface area contributed by atoms with Gasteiger partial charge < -0.3 is 9.63 Å². The molecule has 1 rings (SSSR count). The SMILES string of the molecule is C=C(C)C(=O)OC(CCCCCCCCCC)COP(=O)(O)OCc1ccccc1. The molecule has 6 nitrogen and oxygen atoms in total. The van der Waals surface area contributed by atoms with Gasteiger partial charge >= 0.3 is 13.8 Å². The van der Waals surface area contributed by atoms with E-state index in [1.165, 1.54) is 32.1 Å². The van der Waals surface area contributed by atoms with Gasteiger partial charge in [0, 0.05) is 5.57 Å². The minimum atomic E-state index is -4.25. The van der Waals surface area contributed by atoms with Gasteiger partial charge in [-0.25, -0.2) is 9.36 Å². The first kappa shape index (κ1) is 26.6. The van der Waals surface area contributed by atoms with E-state index in [9.17, 15) is 14.3 Å². The van der Waals surface area contributed by atoms with Gasteiger partial charge in [0.05, 0.1) is 13.2 Å². The third kappa shape index (κ3) is 13.0. The molecule has 0 aliphatic rings. The van der Waals surface area contributed by atoms with Crippen molar-refractivity contribution in [1.29, 1.82) is 0 Å². The molecule has 0 aliphatic carbocycles. The zero-order chi connectivity index (χ0) is 22.2. The number of ether oxygens (including phenoxy) is 1. The number of carbonyl (C=O) groups excluding carboxylic acids is 1. The lowest BCUT2D eigenvalue weighted by molar-refractivity contribution is -0.146. The van der Waals surface area contributed by atoms with Crippen molar-refractivity contribution in [2.24, 2.45) is 0 Å². The number of benzene rings is 1. The summed E-state index contributed by atoms with van der Waals surface area (Å²) in [6, 6.07) is 9.07. The summed E-state index contributed by atoms with van der Waals surface area (Å²) in [6.07, 6.45) is 9.19. The molecule has 7 heteroatoms. The molecule has 0 radical (unpaired) electrons. The van der Waals surface area contributed by atoms with Crippen molar-refractivity contribution < 1.29 is 28.0 Å². The average Bonchev–Trinajstić information content (AvgIpc) is 2.73. The second kappa shape index (κ2) is 15.4. The van der Waals surface area contributed by atoms with Gasteiger partial charge in [0.2, 0.25) is 0 Å². The summed E-state index contributed by atoms with van der Waals surface area (Å²) in [6.45, 7) is 7.11. The van der Waals surface area contributed by atoms with Crippen LogP contribution in [0.1, 0.15) is 77.2 Å². The van der Waals surface area contributed by atoms with E-state index < -0.39 is 19.9 Å². The number of esters is 1. The first-order valence-electron chi connectivity index (χ1n) is 10.9. The Kier molecular flexibility index (Phi) is 13.6. The van der Waals surface area contributed by atoms with Gasteiger partial charge in [-0.3, -0.25) is 9.05 Å². The molecule has 1 N–H and O–H groups in total. The summed E-state index contributed by atoms with van der Waals surface area (Å²) in [5.41, 5.74) is 1.04. The molecular weight excluding hydrogens is 403 g/mol. The number of hydrogen-bond acceptors (Lipinski definition) is 5. The monoisotopic (exact) mass is 440 g/mol. The van der Waals surface area contributed by atoms with E-state index in [1.807, 2.05) is 18.2 Å². The summed E-state index contributed by atoms with van der Waals surface area (Å²) in [4.78, 5) is 21.8. The number of hydrogen-bond donors (Lipinski definition) is 1. The highest BCUT2D eigenvalue weighted by atomic mass is 31.2. The molecule has 0 aliphatic heterocycles. The summed E-state index contributed by atoms with van der Waals surface area (Å²) in [7, 11) is -4.25. The minimum Gasteiger partial charge on any atom is -0.457 e. The largest absolute Gasteiger partial charge is 0.472 e. The third-order valence-corrected chi connectivity index (χ3v) is 5.59. The van der Waals surface area contributed by atoms with Crippen LogP contribution in [0.15, 0.2) is 42.5 Å². The summed E-state index contributed by atoms with van der Waals surface area (Å²) in [5, 5.41) is 0. The van der Waals surface area contributed by atoms with E-state index in [1.54, 1.807) is 19.1 Å². The molecule has 2 unspecified atom stereocenters. The van der Waals surface area contributed by atoms with E-state index in [-0.39, 0.29) is 18.8 Å². The van der Waals surface area contributed by atoms with Crippen LogP contribution in [0.5, 0.6) is 0 Å². The lowest BCUT2D eigenvalue weighted by Gasteiger charge is -2.20. The van der Waals surface area contributed by atoms with Gasteiger partial charge in [-0.1, -0.05) is 88.8 Å². The second-order valence-electron chi connectivity index (χ2n) is 7.59. The van der Waals surface area contributed by atoms with E-state index in [4.69, 9.17) is 13.8 Å². The summed E-state index contributed by atoms with van der Waals surface area (Å²) < 4.78 is 27.7. The van der Waals surface area contributed by atoms with Crippen molar-refractivity contribution in [2.45, 2.75) is 84.3 Å².